The molecule has 1 aliphatic carbocycles. The van der Waals surface area contributed by atoms with Gasteiger partial charge in [0.15, 0.2) is 0 Å². The Balaban J connectivity index is 1.26. The van der Waals surface area contributed by atoms with Crippen molar-refractivity contribution in [1.29, 1.82) is 0 Å². The molecule has 2 aliphatic rings. The molecule has 1 aliphatic heterocycles. The summed E-state index contributed by atoms with van der Waals surface area (Å²) < 4.78 is 57.1. The number of aromatic nitrogens is 6. The highest BCUT2D eigenvalue weighted by Gasteiger charge is 2.55. The Labute approximate surface area is 215 Å². The smallest absolute Gasteiger partial charge is 0.275 e. The van der Waals surface area contributed by atoms with Crippen molar-refractivity contribution in [3.63, 3.8) is 0 Å². The molecule has 192 valence electrons. The highest BCUT2D eigenvalue weighted by molar-refractivity contribution is 7.93. The Hall–Kier alpha value is -4.26. The van der Waals surface area contributed by atoms with Crippen LogP contribution in [0.2, 0.25) is 0 Å². The fourth-order valence-electron chi connectivity index (χ4n) is 5.07. The highest BCUT2D eigenvalue weighted by atomic mass is 32.2. The summed E-state index contributed by atoms with van der Waals surface area (Å²) in [6.45, 7) is 0.448. The molecule has 4 heterocycles. The summed E-state index contributed by atoms with van der Waals surface area (Å²) in [5.74, 6) is 0.130. The molecule has 3 aromatic heterocycles. The second kappa shape index (κ2) is 7.87. The molecule has 5 aromatic rings. The molecule has 0 unspecified atom stereocenters. The van der Waals surface area contributed by atoms with Crippen LogP contribution in [-0.4, -0.2) is 57.8 Å². The molecule has 2 aromatic carbocycles. The molecule has 13 heteroatoms. The van der Waals surface area contributed by atoms with Crippen molar-refractivity contribution >= 4 is 44.0 Å². The van der Waals surface area contributed by atoms with E-state index in [2.05, 4.69) is 25.5 Å². The summed E-state index contributed by atoms with van der Waals surface area (Å²) in [6, 6.07) is 12.0. The standard InChI is InChI=1S/C25H20F2N8O2S/c1-33(23-20-11-17(26)3-4-21(20)35-24(29-23)30-31-32-35)19-9-16(8-18(27)10-19)15-2-5-22(28-12-15)34-13-25(6-7-25)14-38(34,36)37/h2-5,8-12H,6-7,13-14H2,1H3. The Morgan fingerprint density at radius 2 is 1.84 bits per heavy atom. The third-order valence-corrected chi connectivity index (χ3v) is 9.24. The van der Waals surface area contributed by atoms with Gasteiger partial charge in [-0.15, -0.1) is 0 Å². The van der Waals surface area contributed by atoms with Gasteiger partial charge in [-0.1, -0.05) is 5.10 Å². The fourth-order valence-corrected chi connectivity index (χ4v) is 7.24. The van der Waals surface area contributed by atoms with Gasteiger partial charge >= 0.3 is 0 Å². The summed E-state index contributed by atoms with van der Waals surface area (Å²) in [7, 11) is -1.70. The van der Waals surface area contributed by atoms with Gasteiger partial charge in [0.05, 0.1) is 11.3 Å². The van der Waals surface area contributed by atoms with Crippen molar-refractivity contribution in [3.8, 4) is 11.1 Å². The van der Waals surface area contributed by atoms with Crippen LogP contribution < -0.4 is 9.21 Å². The second-order valence-corrected chi connectivity index (χ2v) is 11.8. The van der Waals surface area contributed by atoms with Crippen molar-refractivity contribution in [3.05, 3.63) is 66.4 Å². The average molecular weight is 535 g/mol. The third-order valence-electron chi connectivity index (χ3n) is 7.27. The van der Waals surface area contributed by atoms with E-state index in [-0.39, 0.29) is 16.9 Å². The first kappa shape index (κ1) is 22.9. The van der Waals surface area contributed by atoms with Gasteiger partial charge in [0.1, 0.15) is 23.3 Å². The van der Waals surface area contributed by atoms with Gasteiger partial charge in [0, 0.05) is 41.8 Å². The Morgan fingerprint density at radius 1 is 1.00 bits per heavy atom. The molecule has 0 amide bonds. The number of rotatable bonds is 4. The van der Waals surface area contributed by atoms with Crippen molar-refractivity contribution in [2.24, 2.45) is 5.41 Å². The molecular weight excluding hydrogens is 514 g/mol. The summed E-state index contributed by atoms with van der Waals surface area (Å²) in [5.41, 5.74) is 2.02. The zero-order valence-electron chi connectivity index (χ0n) is 20.1. The molecule has 0 atom stereocenters. The quantitative estimate of drug-likeness (QED) is 0.343. The minimum Gasteiger partial charge on any atom is -0.329 e. The maximum absolute atomic E-state index is 14.8. The predicted octanol–water partition coefficient (Wildman–Crippen LogP) is 3.71. The molecule has 38 heavy (non-hydrogen) atoms. The molecular formula is C25H20F2N8O2S. The first-order valence-corrected chi connectivity index (χ1v) is 13.5. The third kappa shape index (κ3) is 3.64. The van der Waals surface area contributed by atoms with Crippen LogP contribution in [0.4, 0.5) is 26.1 Å². The minimum absolute atomic E-state index is 0.131. The lowest BCUT2D eigenvalue weighted by Crippen LogP contribution is -2.26. The fraction of sp³-hybridized carbons (Fsp3) is 0.240. The Morgan fingerprint density at radius 3 is 2.58 bits per heavy atom. The van der Waals surface area contributed by atoms with Crippen molar-refractivity contribution < 1.29 is 17.2 Å². The van der Waals surface area contributed by atoms with Crippen LogP contribution in [-0.2, 0) is 10.0 Å². The first-order valence-electron chi connectivity index (χ1n) is 11.9. The SMILES string of the molecule is CN(c1cc(F)cc(-c2ccc(N3CC4(CC4)CS3(=O)=O)nc2)c1)c1nc2nnnn2c2ccc(F)cc12. The summed E-state index contributed by atoms with van der Waals surface area (Å²) in [6.07, 6.45) is 3.37. The largest absolute Gasteiger partial charge is 0.329 e. The van der Waals surface area contributed by atoms with Gasteiger partial charge in [0.25, 0.3) is 5.78 Å². The van der Waals surface area contributed by atoms with Crippen LogP contribution in [0.25, 0.3) is 27.8 Å². The predicted molar refractivity (Wildman–Crippen MR) is 137 cm³/mol. The van der Waals surface area contributed by atoms with Gasteiger partial charge in [-0.3, -0.25) is 4.31 Å². The van der Waals surface area contributed by atoms with Gasteiger partial charge in [-0.25, -0.2) is 22.2 Å². The lowest BCUT2D eigenvalue weighted by atomic mass is 10.1. The minimum atomic E-state index is -3.40. The number of benzene rings is 2. The summed E-state index contributed by atoms with van der Waals surface area (Å²) >= 11 is 0. The number of hydrogen-bond acceptors (Lipinski definition) is 8. The molecule has 2 fully saturated rings. The van der Waals surface area contributed by atoms with Gasteiger partial charge in [-0.2, -0.15) is 9.50 Å². The van der Waals surface area contributed by atoms with E-state index in [4.69, 9.17) is 0 Å². The molecule has 10 nitrogen and oxygen atoms in total. The number of tetrazole rings is 1. The van der Waals surface area contributed by atoms with Gasteiger partial charge in [0.2, 0.25) is 10.0 Å². The van der Waals surface area contributed by atoms with Crippen molar-refractivity contribution in [1.82, 2.24) is 30.0 Å². The van der Waals surface area contributed by atoms with Crippen molar-refractivity contribution in [2.75, 3.05) is 28.6 Å². The van der Waals surface area contributed by atoms with Gasteiger partial charge in [-0.05, 0) is 77.4 Å². The van der Waals surface area contributed by atoms with Crippen LogP contribution in [0.15, 0.2) is 54.7 Å². The number of halogens is 2. The maximum atomic E-state index is 14.8. The van der Waals surface area contributed by atoms with E-state index in [1.165, 1.54) is 39.3 Å². The lowest BCUT2D eigenvalue weighted by Gasteiger charge is -2.21. The lowest BCUT2D eigenvalue weighted by molar-refractivity contribution is 0.593. The molecule has 1 saturated carbocycles. The molecule has 7 rings (SSSR count). The monoisotopic (exact) mass is 534 g/mol. The van der Waals surface area contributed by atoms with E-state index in [0.717, 1.165) is 12.8 Å². The second-order valence-electron chi connectivity index (χ2n) is 9.91. The van der Waals surface area contributed by atoms with E-state index in [0.29, 0.717) is 45.9 Å². The van der Waals surface area contributed by atoms with E-state index >= 15 is 0 Å². The Kier molecular flexibility index (Phi) is 4.74. The van der Waals surface area contributed by atoms with E-state index in [1.807, 2.05) is 0 Å². The first-order chi connectivity index (χ1) is 18.2. The molecule has 1 saturated heterocycles. The number of nitrogens with zero attached hydrogens (tertiary/aromatic N) is 8. The van der Waals surface area contributed by atoms with Crippen LogP contribution in [0, 0.1) is 17.0 Å². The van der Waals surface area contributed by atoms with Crippen molar-refractivity contribution in [2.45, 2.75) is 12.8 Å². The van der Waals surface area contributed by atoms with Crippen LogP contribution >= 0.6 is 0 Å². The van der Waals surface area contributed by atoms with E-state index < -0.39 is 21.7 Å². The molecule has 0 radical (unpaired) electrons. The molecule has 0 N–H and O–H groups in total. The number of pyridine rings is 1. The normalized spacial score (nSPS) is 17.5. The van der Waals surface area contributed by atoms with E-state index in [9.17, 15) is 17.2 Å². The summed E-state index contributed by atoms with van der Waals surface area (Å²) in [4.78, 5) is 10.5. The van der Waals surface area contributed by atoms with Gasteiger partial charge < -0.3 is 4.90 Å². The topological polar surface area (TPSA) is 109 Å². The number of fused-ring (bicyclic) bond motifs is 3. The highest BCUT2D eigenvalue weighted by Crippen LogP contribution is 2.52. The van der Waals surface area contributed by atoms with Crippen LogP contribution in [0.3, 0.4) is 0 Å². The zero-order chi connectivity index (χ0) is 26.2. The number of anilines is 3. The Bertz CT molecular complexity index is 1860. The maximum Gasteiger partial charge on any atom is 0.275 e. The number of hydrogen-bond donors (Lipinski definition) is 0. The van der Waals surface area contributed by atoms with E-state index in [1.54, 1.807) is 36.2 Å². The number of sulfonamides is 1. The van der Waals surface area contributed by atoms with Crippen LogP contribution in [0.1, 0.15) is 12.8 Å². The average Bonchev–Trinajstić information content (AvgIpc) is 3.35. The molecule has 1 spiro atoms. The zero-order valence-corrected chi connectivity index (χ0v) is 20.9. The molecule has 0 bridgehead atoms. The summed E-state index contributed by atoms with van der Waals surface area (Å²) in [5, 5.41) is 11.9. The van der Waals surface area contributed by atoms with Crippen LogP contribution in [0.5, 0.6) is 0 Å².